The molecule has 0 saturated heterocycles. The minimum atomic E-state index is -1.14. The first kappa shape index (κ1) is 23.9. The molecule has 0 aromatic heterocycles. The summed E-state index contributed by atoms with van der Waals surface area (Å²) in [6.45, 7) is 2.42. The summed E-state index contributed by atoms with van der Waals surface area (Å²) in [4.78, 5) is 0. The first-order valence-electron chi connectivity index (χ1n) is 10.9. The summed E-state index contributed by atoms with van der Waals surface area (Å²) in [7, 11) is 0.744. The molecule has 33 heavy (non-hydrogen) atoms. The molecule has 0 radical (unpaired) electrons. The van der Waals surface area contributed by atoms with E-state index in [-0.39, 0.29) is 9.41 Å². The van der Waals surface area contributed by atoms with Crippen LogP contribution in [-0.2, 0) is 29.3 Å². The molecule has 6 rings (SSSR count). The van der Waals surface area contributed by atoms with Gasteiger partial charge in [0.15, 0.2) is 0 Å². The summed E-state index contributed by atoms with van der Waals surface area (Å²) in [6, 6.07) is 36.3. The van der Waals surface area contributed by atoms with Crippen molar-refractivity contribution in [1.29, 1.82) is 0 Å². The van der Waals surface area contributed by atoms with Crippen molar-refractivity contribution in [3.63, 3.8) is 0 Å². The predicted octanol–water partition coefficient (Wildman–Crippen LogP) is 0.464. The summed E-state index contributed by atoms with van der Waals surface area (Å²) in [6.07, 6.45) is 1.12. The van der Waals surface area contributed by atoms with Crippen LogP contribution in [0.2, 0.25) is 0 Å². The molecule has 2 unspecified atom stereocenters. The van der Waals surface area contributed by atoms with Gasteiger partial charge in [-0.25, -0.2) is 0 Å². The molecule has 0 amide bonds. The minimum Gasteiger partial charge on any atom is -1.00 e. The Kier molecular flexibility index (Phi) is 7.22. The summed E-state index contributed by atoms with van der Waals surface area (Å²) in [5, 5.41) is 3.03. The Morgan fingerprint density at radius 1 is 0.697 bits per heavy atom. The monoisotopic (exact) mass is 620 g/mol. The van der Waals surface area contributed by atoms with E-state index in [0.717, 1.165) is 15.0 Å². The van der Waals surface area contributed by atoms with Crippen LogP contribution in [0.3, 0.4) is 0 Å². The van der Waals surface area contributed by atoms with Crippen molar-refractivity contribution < 1.29 is 32.3 Å². The van der Waals surface area contributed by atoms with Gasteiger partial charge < -0.3 is 9.41 Å². The Morgan fingerprint density at radius 3 is 2.18 bits per heavy atom. The van der Waals surface area contributed by atoms with Gasteiger partial charge in [-0.15, -0.1) is 0 Å². The number of hydrogen-bond acceptors (Lipinski definition) is 0. The molecule has 0 spiro atoms. The zero-order chi connectivity index (χ0) is 20.8. The minimum absolute atomic E-state index is 0. The number of hydrogen-bond donors (Lipinski definition) is 0. The van der Waals surface area contributed by atoms with Crippen molar-refractivity contribution in [3.05, 3.63) is 125 Å². The number of benzene rings is 4. The van der Waals surface area contributed by atoms with Crippen LogP contribution >= 0.6 is 8.58 Å². The molecule has 4 aromatic carbocycles. The molecule has 4 aromatic rings. The average Bonchev–Trinajstić information content (AvgIpc) is 3.32. The molecular weight excluding hydrogens is 596 g/mol. The van der Waals surface area contributed by atoms with Gasteiger partial charge in [0.2, 0.25) is 0 Å². The quantitative estimate of drug-likeness (QED) is 0.203. The van der Waals surface area contributed by atoms with E-state index in [1.54, 1.807) is 25.3 Å². The zero-order valence-corrected chi connectivity index (χ0v) is 22.9. The van der Waals surface area contributed by atoms with Crippen LogP contribution in [0.25, 0.3) is 16.4 Å². The molecule has 0 saturated carbocycles. The van der Waals surface area contributed by atoms with Gasteiger partial charge in [0.25, 0.3) is 0 Å². The van der Waals surface area contributed by atoms with Crippen molar-refractivity contribution in [2.45, 2.75) is 17.0 Å². The molecule has 2 atom stereocenters. The van der Waals surface area contributed by atoms with Crippen LogP contribution < -0.4 is 18.0 Å². The topological polar surface area (TPSA) is 0 Å². The summed E-state index contributed by atoms with van der Waals surface area (Å²) < 4.78 is 2.37. The predicted molar refractivity (Wildman–Crippen MR) is 130 cm³/mol. The number of rotatable bonds is 4. The van der Waals surface area contributed by atoms with E-state index < -0.39 is 22.9 Å². The average molecular weight is 619 g/mol. The third kappa shape index (κ3) is 4.22. The smallest absolute Gasteiger partial charge is 1.00 e. The van der Waals surface area contributed by atoms with Gasteiger partial charge in [-0.05, 0) is 0 Å². The second-order valence-electron chi connectivity index (χ2n) is 8.38. The maximum Gasteiger partial charge on any atom is -1.00 e. The number of halogens is 2. The largest absolute Gasteiger partial charge is 1.00 e. The normalized spacial score (nSPS) is 15.4. The Morgan fingerprint density at radius 2 is 1.36 bits per heavy atom. The zero-order valence-electron chi connectivity index (χ0n) is 18.3. The Labute approximate surface area is 207 Å². The summed E-state index contributed by atoms with van der Waals surface area (Å²) in [5.74, 6) is 0. The molecule has 0 heterocycles. The first-order valence-corrected chi connectivity index (χ1v) is 15.8. The Hall–Kier alpha value is -2.22. The standard InChI is InChI=1S/C16H14P.C13H9.2FH.Hf/c1-12-11-13-7-5-6-10-15(13)16(12)17-14-8-3-2-4-9-14;1-3-7-12-10(5-1)9-11-6-2-4-8-13(11)12;;;/h2-11,17H,1H3;1-5,7-8H,9H2;2*1H;/q;;;;+2/p-2. The van der Waals surface area contributed by atoms with Crippen LogP contribution in [0.4, 0.5) is 0 Å². The van der Waals surface area contributed by atoms with Gasteiger partial charge in [-0.2, -0.15) is 0 Å². The third-order valence-electron chi connectivity index (χ3n) is 6.56. The van der Waals surface area contributed by atoms with Gasteiger partial charge in [0.1, 0.15) is 0 Å². The molecule has 0 bridgehead atoms. The SMILES string of the molecule is CC1=C(Pc2ccccc2)c2ccccc2[CH]1[Hf+2][c]1cccc2c1Cc1ccccc1-2.[F-].[F-]. The fourth-order valence-corrected chi connectivity index (χ4v) is 12.9. The van der Waals surface area contributed by atoms with Gasteiger partial charge in [-0.3, -0.25) is 0 Å². The second kappa shape index (κ2) is 9.95. The van der Waals surface area contributed by atoms with Crippen molar-refractivity contribution in [2.24, 2.45) is 0 Å². The van der Waals surface area contributed by atoms with Gasteiger partial charge >= 0.3 is 198 Å². The van der Waals surface area contributed by atoms with Crippen molar-refractivity contribution in [3.8, 4) is 11.1 Å². The van der Waals surface area contributed by atoms with E-state index in [1.165, 1.54) is 27.6 Å². The van der Waals surface area contributed by atoms with Gasteiger partial charge in [0.05, 0.1) is 0 Å². The summed E-state index contributed by atoms with van der Waals surface area (Å²) >= 11 is -1.14. The second-order valence-corrected chi connectivity index (χ2v) is 14.8. The van der Waals surface area contributed by atoms with Gasteiger partial charge in [-0.1, -0.05) is 0 Å². The van der Waals surface area contributed by atoms with E-state index in [0.29, 0.717) is 3.67 Å². The molecular formula is C29H23F2HfP. The number of allylic oxidation sites excluding steroid dienone is 1. The molecule has 2 aliphatic carbocycles. The van der Waals surface area contributed by atoms with Crippen LogP contribution in [-0.4, -0.2) is 0 Å². The van der Waals surface area contributed by atoms with Crippen molar-refractivity contribution in [1.82, 2.24) is 0 Å². The fourth-order valence-electron chi connectivity index (χ4n) is 5.03. The molecule has 0 aliphatic heterocycles. The third-order valence-corrected chi connectivity index (χ3v) is 14.6. The Balaban J connectivity index is 0.00000130. The maximum absolute atomic E-state index is 2.45. The summed E-state index contributed by atoms with van der Waals surface area (Å²) in [5.41, 5.74) is 10.8. The van der Waals surface area contributed by atoms with E-state index in [2.05, 4.69) is 104 Å². The molecule has 0 nitrogen and oxygen atoms in total. The van der Waals surface area contributed by atoms with Crippen LogP contribution in [0.15, 0.2) is 103 Å². The Bertz CT molecular complexity index is 1330. The van der Waals surface area contributed by atoms with E-state index in [9.17, 15) is 0 Å². The van der Waals surface area contributed by atoms with Crippen LogP contribution in [0.1, 0.15) is 32.9 Å². The molecule has 4 heteroatoms. The number of fused-ring (bicyclic) bond motifs is 4. The first-order chi connectivity index (χ1) is 15.3. The van der Waals surface area contributed by atoms with Crippen molar-refractivity contribution in [2.75, 3.05) is 0 Å². The molecule has 0 fully saturated rings. The van der Waals surface area contributed by atoms with Crippen LogP contribution in [0.5, 0.6) is 0 Å². The van der Waals surface area contributed by atoms with E-state index in [1.807, 2.05) is 0 Å². The molecule has 162 valence electrons. The maximum atomic E-state index is 2.45. The van der Waals surface area contributed by atoms with Crippen molar-refractivity contribution >= 4 is 22.5 Å². The van der Waals surface area contributed by atoms with E-state index >= 15 is 0 Å². The van der Waals surface area contributed by atoms with E-state index in [4.69, 9.17) is 0 Å². The fraction of sp³-hybridized carbons (Fsp3) is 0.103. The van der Waals surface area contributed by atoms with Crippen LogP contribution in [0, 0.1) is 0 Å². The molecule has 0 N–H and O–H groups in total. The molecule has 2 aliphatic rings. The van der Waals surface area contributed by atoms with Gasteiger partial charge in [0, 0.05) is 0 Å².